The van der Waals surface area contributed by atoms with E-state index in [-0.39, 0.29) is 28.9 Å². The second kappa shape index (κ2) is 10.0. The van der Waals surface area contributed by atoms with E-state index in [4.69, 9.17) is 20.0 Å². The van der Waals surface area contributed by atoms with Crippen molar-refractivity contribution in [1.29, 1.82) is 0 Å². The number of carbonyl (C=O) groups is 1. The second-order valence-electron chi connectivity index (χ2n) is 7.06. The number of carboxylic acids is 1. The van der Waals surface area contributed by atoms with Crippen LogP contribution in [0.3, 0.4) is 0 Å². The van der Waals surface area contributed by atoms with E-state index in [0.717, 1.165) is 17.7 Å². The zero-order valence-corrected chi connectivity index (χ0v) is 17.8. The molecule has 0 aliphatic rings. The lowest BCUT2D eigenvalue weighted by molar-refractivity contribution is 0.0665. The van der Waals surface area contributed by atoms with Gasteiger partial charge in [-0.2, -0.15) is 0 Å². The molecule has 0 saturated heterocycles. The minimum Gasteiger partial charge on any atom is -0.481 e. The Morgan fingerprint density at radius 3 is 2.58 bits per heavy atom. The van der Waals surface area contributed by atoms with Gasteiger partial charge in [0.25, 0.3) is 0 Å². The first-order chi connectivity index (χ1) is 15.7. The van der Waals surface area contributed by atoms with Gasteiger partial charge in [0.1, 0.15) is 0 Å². The fourth-order valence-electron chi connectivity index (χ4n) is 3.08. The van der Waals surface area contributed by atoms with Gasteiger partial charge in [-0.25, -0.2) is 18.6 Å². The molecular weight excluding hydrogens is 436 g/mol. The van der Waals surface area contributed by atoms with E-state index in [9.17, 15) is 18.4 Å². The van der Waals surface area contributed by atoms with Crippen LogP contribution in [0.5, 0.6) is 5.88 Å². The van der Waals surface area contributed by atoms with Gasteiger partial charge in [0, 0.05) is 37.0 Å². The molecule has 3 aromatic heterocycles. The van der Waals surface area contributed by atoms with Gasteiger partial charge >= 0.3 is 5.97 Å². The quantitative estimate of drug-likeness (QED) is 0.472. The van der Waals surface area contributed by atoms with Gasteiger partial charge in [-0.05, 0) is 36.2 Å². The van der Waals surface area contributed by atoms with Crippen LogP contribution in [0.25, 0.3) is 5.71 Å². The minimum atomic E-state index is -1.25. The van der Waals surface area contributed by atoms with Gasteiger partial charge in [-0.1, -0.05) is 6.07 Å². The Balaban J connectivity index is 0.000000257. The predicted molar refractivity (Wildman–Crippen MR) is 115 cm³/mol. The number of nitrogens with zero attached hydrogens (tertiary/aromatic N) is 2. The Kier molecular flexibility index (Phi) is 7.19. The van der Waals surface area contributed by atoms with Gasteiger partial charge < -0.3 is 20.0 Å². The van der Waals surface area contributed by atoms with Crippen LogP contribution in [-0.4, -0.2) is 27.6 Å². The molecule has 0 aliphatic carbocycles. The first-order valence-corrected chi connectivity index (χ1v) is 9.74. The second-order valence-corrected chi connectivity index (χ2v) is 7.06. The number of oxazole rings is 1. The molecule has 0 unspecified atom stereocenters. The Morgan fingerprint density at radius 1 is 1.18 bits per heavy atom. The summed E-state index contributed by atoms with van der Waals surface area (Å²) in [6, 6.07) is 7.09. The number of methoxy groups -OCH3 is 1. The lowest BCUT2D eigenvalue weighted by atomic mass is 10.0. The van der Waals surface area contributed by atoms with E-state index < -0.39 is 17.6 Å². The van der Waals surface area contributed by atoms with E-state index >= 15 is 0 Å². The average molecular weight is 457 g/mol. The molecule has 4 rings (SSSR count). The van der Waals surface area contributed by atoms with Crippen molar-refractivity contribution in [2.45, 2.75) is 19.9 Å². The van der Waals surface area contributed by atoms with Gasteiger partial charge in [-0.15, -0.1) is 0 Å². The highest BCUT2D eigenvalue weighted by Gasteiger charge is 2.16. The SMILES string of the molecule is COc1cc(CN)ccn1.Cc1c(=O)c(Cc2ccc(F)c(F)c2)cn2cc(C(=O)O)oc12. The van der Waals surface area contributed by atoms with Crippen LogP contribution < -0.4 is 15.9 Å². The Labute approximate surface area is 186 Å². The number of aromatic nitrogens is 2. The maximum Gasteiger partial charge on any atom is 0.373 e. The summed E-state index contributed by atoms with van der Waals surface area (Å²) in [4.78, 5) is 27.2. The molecule has 0 aliphatic heterocycles. The summed E-state index contributed by atoms with van der Waals surface area (Å²) in [6.45, 7) is 2.04. The monoisotopic (exact) mass is 457 g/mol. The molecule has 33 heavy (non-hydrogen) atoms. The maximum absolute atomic E-state index is 13.3. The highest BCUT2D eigenvalue weighted by molar-refractivity contribution is 5.84. The zero-order chi connectivity index (χ0) is 24.1. The molecular formula is C23H21F2N3O5. The smallest absolute Gasteiger partial charge is 0.373 e. The molecule has 1 aromatic carbocycles. The van der Waals surface area contributed by atoms with Crippen molar-refractivity contribution in [2.75, 3.05) is 7.11 Å². The Bertz CT molecular complexity index is 1340. The number of benzene rings is 1. The number of fused-ring (bicyclic) bond motifs is 1. The van der Waals surface area contributed by atoms with E-state index in [0.29, 0.717) is 23.6 Å². The molecule has 0 atom stereocenters. The number of rotatable bonds is 5. The van der Waals surface area contributed by atoms with Crippen LogP contribution in [0.1, 0.15) is 32.8 Å². The lowest BCUT2D eigenvalue weighted by Crippen LogP contribution is -2.14. The van der Waals surface area contributed by atoms with Crippen LogP contribution in [0, 0.1) is 18.6 Å². The van der Waals surface area contributed by atoms with E-state index in [1.54, 1.807) is 13.3 Å². The van der Waals surface area contributed by atoms with Crippen LogP contribution in [0.4, 0.5) is 8.78 Å². The molecule has 172 valence electrons. The summed E-state index contributed by atoms with van der Waals surface area (Å²) in [5.41, 5.74) is 7.24. The van der Waals surface area contributed by atoms with Gasteiger partial charge in [0.05, 0.1) is 18.9 Å². The van der Waals surface area contributed by atoms with Crippen molar-refractivity contribution in [3.05, 3.63) is 98.8 Å². The molecule has 3 N–H and O–H groups in total. The normalized spacial score (nSPS) is 10.6. The average Bonchev–Trinajstić information content (AvgIpc) is 3.25. The van der Waals surface area contributed by atoms with Crippen LogP contribution >= 0.6 is 0 Å². The standard InChI is InChI=1S/C16H11F2NO4.C7H10N2O/c1-8-14(20)10(4-9-2-3-11(17)12(18)5-9)6-19-7-13(16(21)22)23-15(8)19;1-10-7-4-6(5-8)2-3-9-7/h2-3,5-7H,4H2,1H3,(H,21,22);2-4H,5,8H2,1H3. The van der Waals surface area contributed by atoms with Crippen LogP contribution in [-0.2, 0) is 13.0 Å². The molecule has 10 heteroatoms. The fraction of sp³-hybridized carbons (Fsp3) is 0.174. The van der Waals surface area contributed by atoms with Gasteiger partial charge in [0.2, 0.25) is 17.4 Å². The third-order valence-corrected chi connectivity index (χ3v) is 4.78. The topological polar surface area (TPSA) is 120 Å². The Morgan fingerprint density at radius 2 is 1.94 bits per heavy atom. The number of pyridine rings is 2. The highest BCUT2D eigenvalue weighted by Crippen LogP contribution is 2.16. The van der Waals surface area contributed by atoms with Crippen molar-refractivity contribution in [3.63, 3.8) is 0 Å². The molecule has 0 spiro atoms. The van der Waals surface area contributed by atoms with E-state index in [2.05, 4.69) is 4.98 Å². The number of nitrogens with two attached hydrogens (primary N) is 1. The molecule has 8 nitrogen and oxygen atoms in total. The molecule has 0 amide bonds. The maximum atomic E-state index is 13.3. The van der Waals surface area contributed by atoms with Gasteiger partial charge in [0.15, 0.2) is 17.1 Å². The van der Waals surface area contributed by atoms with E-state index in [1.807, 2.05) is 12.1 Å². The van der Waals surface area contributed by atoms with E-state index in [1.165, 1.54) is 29.8 Å². The largest absolute Gasteiger partial charge is 0.481 e. The third kappa shape index (κ3) is 5.42. The summed E-state index contributed by atoms with van der Waals surface area (Å²) < 4.78 is 37.7. The molecule has 0 bridgehead atoms. The molecule has 0 radical (unpaired) electrons. The van der Waals surface area contributed by atoms with Crippen LogP contribution in [0.15, 0.2) is 58.1 Å². The number of hydrogen-bond donors (Lipinski definition) is 2. The van der Waals surface area contributed by atoms with Crippen molar-refractivity contribution in [3.8, 4) is 5.88 Å². The number of aromatic carboxylic acids is 1. The molecule has 0 saturated carbocycles. The van der Waals surface area contributed by atoms with Crippen molar-refractivity contribution in [2.24, 2.45) is 5.73 Å². The summed E-state index contributed by atoms with van der Waals surface area (Å²) in [7, 11) is 1.59. The molecule has 3 heterocycles. The third-order valence-electron chi connectivity index (χ3n) is 4.78. The molecule has 4 aromatic rings. The van der Waals surface area contributed by atoms with Crippen molar-refractivity contribution >= 4 is 11.7 Å². The van der Waals surface area contributed by atoms with Gasteiger partial charge in [-0.3, -0.25) is 9.20 Å². The summed E-state index contributed by atoms with van der Waals surface area (Å²) in [5, 5.41) is 8.94. The number of ether oxygens (including phenoxy) is 1. The zero-order valence-electron chi connectivity index (χ0n) is 17.8. The van der Waals surface area contributed by atoms with Crippen molar-refractivity contribution in [1.82, 2.24) is 9.38 Å². The summed E-state index contributed by atoms with van der Waals surface area (Å²) in [6.07, 6.45) is 4.45. The first kappa shape index (κ1) is 23.6. The predicted octanol–water partition coefficient (Wildman–Crippen LogP) is 3.32. The molecule has 0 fully saturated rings. The summed E-state index contributed by atoms with van der Waals surface area (Å²) >= 11 is 0. The number of hydrogen-bond acceptors (Lipinski definition) is 6. The van der Waals surface area contributed by atoms with Crippen LogP contribution in [0.2, 0.25) is 0 Å². The summed E-state index contributed by atoms with van der Waals surface area (Å²) in [5.74, 6) is -2.88. The number of halogens is 2. The highest BCUT2D eigenvalue weighted by atomic mass is 19.2. The fourth-order valence-corrected chi connectivity index (χ4v) is 3.08. The van der Waals surface area contributed by atoms with Crippen molar-refractivity contribution < 1.29 is 27.8 Å². The Hall–Kier alpha value is -4.05. The minimum absolute atomic E-state index is 0.0907. The lowest BCUT2D eigenvalue weighted by Gasteiger charge is -2.05. The number of carboxylic acid groups (broad SMARTS) is 1. The number of aryl methyl sites for hydroxylation is 1. The first-order valence-electron chi connectivity index (χ1n) is 9.74.